The molecular formula is C15H16N4O6. The number of allylic oxidation sites excluding steroid dienone is 1. The second-order valence-corrected chi connectivity index (χ2v) is 5.23. The minimum absolute atomic E-state index is 0.0644. The van der Waals surface area contributed by atoms with Gasteiger partial charge in [0.05, 0.1) is 10.5 Å². The van der Waals surface area contributed by atoms with E-state index in [-0.39, 0.29) is 29.1 Å². The number of nitrogens with one attached hydrogen (secondary N) is 2. The number of aliphatic carboxylic acids is 1. The third-order valence-electron chi connectivity index (χ3n) is 3.62. The molecule has 0 spiro atoms. The number of benzene rings is 1. The molecule has 10 nitrogen and oxygen atoms in total. The molecule has 10 heteroatoms. The van der Waals surface area contributed by atoms with E-state index in [1.807, 2.05) is 0 Å². The summed E-state index contributed by atoms with van der Waals surface area (Å²) in [7, 11) is 0. The van der Waals surface area contributed by atoms with Crippen LogP contribution in [0.2, 0.25) is 0 Å². The number of rotatable bonds is 4. The second-order valence-electron chi connectivity index (χ2n) is 5.23. The monoisotopic (exact) mass is 348 g/mol. The van der Waals surface area contributed by atoms with E-state index < -0.39 is 29.0 Å². The summed E-state index contributed by atoms with van der Waals surface area (Å²) in [5.41, 5.74) is -0.310. The smallest absolute Gasteiger partial charge is 0.335 e. The molecule has 0 aliphatic carbocycles. The first-order valence-corrected chi connectivity index (χ1v) is 7.34. The molecule has 1 aliphatic rings. The van der Waals surface area contributed by atoms with Gasteiger partial charge in [-0.3, -0.25) is 10.1 Å². The molecule has 3 N–H and O–H groups in total. The number of hydrogen-bond donors (Lipinski definition) is 3. The van der Waals surface area contributed by atoms with Crippen LogP contribution in [-0.2, 0) is 4.79 Å². The molecule has 0 saturated carbocycles. The number of non-ortho nitro benzene ring substituents is 1. The first-order chi connectivity index (χ1) is 11.8. The normalized spacial score (nSPS) is 17.1. The van der Waals surface area contributed by atoms with Gasteiger partial charge in [0.1, 0.15) is 6.04 Å². The highest BCUT2D eigenvalue weighted by atomic mass is 16.6. The lowest BCUT2D eigenvalue weighted by Crippen LogP contribution is -2.54. The second kappa shape index (κ2) is 6.99. The van der Waals surface area contributed by atoms with E-state index in [1.54, 1.807) is 6.92 Å². The average molecular weight is 348 g/mol. The van der Waals surface area contributed by atoms with Gasteiger partial charge in [0.2, 0.25) is 0 Å². The van der Waals surface area contributed by atoms with Crippen molar-refractivity contribution in [2.24, 2.45) is 0 Å². The van der Waals surface area contributed by atoms with Crippen molar-refractivity contribution in [1.29, 1.82) is 0 Å². The number of carboxylic acid groups (broad SMARTS) is 1. The number of hydrogen-bond acceptors (Lipinski definition) is 5. The lowest BCUT2D eigenvalue weighted by Gasteiger charge is -2.35. The Labute approximate surface area is 142 Å². The number of carboxylic acids is 1. The van der Waals surface area contributed by atoms with E-state index >= 15 is 0 Å². The van der Waals surface area contributed by atoms with Crippen LogP contribution in [0.15, 0.2) is 35.5 Å². The highest BCUT2D eigenvalue weighted by Crippen LogP contribution is 2.35. The average Bonchev–Trinajstić information content (AvgIpc) is 2.53. The number of nitrogens with zero attached hydrogens (tertiary/aromatic N) is 2. The van der Waals surface area contributed by atoms with Crippen molar-refractivity contribution in [2.45, 2.75) is 19.9 Å². The Balaban J connectivity index is 2.66. The largest absolute Gasteiger partial charge is 0.478 e. The number of imide groups is 1. The summed E-state index contributed by atoms with van der Waals surface area (Å²) in [6.07, 6.45) is 0. The van der Waals surface area contributed by atoms with Crippen molar-refractivity contribution in [1.82, 2.24) is 15.5 Å². The molecule has 4 amide bonds. The van der Waals surface area contributed by atoms with Crippen LogP contribution in [0.1, 0.15) is 25.5 Å². The third-order valence-corrected chi connectivity index (χ3v) is 3.62. The van der Waals surface area contributed by atoms with Gasteiger partial charge >= 0.3 is 18.0 Å². The molecule has 2 rings (SSSR count). The molecule has 1 atom stereocenters. The van der Waals surface area contributed by atoms with Crippen LogP contribution in [-0.4, -0.2) is 39.5 Å². The van der Waals surface area contributed by atoms with Gasteiger partial charge in [0.25, 0.3) is 5.69 Å². The van der Waals surface area contributed by atoms with E-state index in [0.29, 0.717) is 4.90 Å². The van der Waals surface area contributed by atoms with Gasteiger partial charge < -0.3 is 15.7 Å². The SMILES string of the molecule is CCNC(=O)N1C(=O)NC(C)=C(C(=O)O)C1c1cccc([N+](=O)[O-])c1. The highest BCUT2D eigenvalue weighted by molar-refractivity contribution is 6.01. The third kappa shape index (κ3) is 3.42. The molecule has 1 unspecified atom stereocenters. The molecule has 25 heavy (non-hydrogen) atoms. The predicted molar refractivity (Wildman–Crippen MR) is 85.6 cm³/mol. The Morgan fingerprint density at radius 3 is 2.68 bits per heavy atom. The lowest BCUT2D eigenvalue weighted by atomic mass is 9.93. The Kier molecular flexibility index (Phi) is 5.01. The standard InChI is InChI=1S/C15H16N4O6/c1-3-16-14(22)18-12(9-5-4-6-10(7-9)19(24)25)11(13(20)21)8(2)17-15(18)23/h4-7,12H,3H2,1-2H3,(H,16,22)(H,17,23)(H,20,21). The van der Waals surface area contributed by atoms with Crippen molar-refractivity contribution in [3.63, 3.8) is 0 Å². The van der Waals surface area contributed by atoms with E-state index in [1.165, 1.54) is 25.1 Å². The Bertz CT molecular complexity index is 788. The zero-order valence-electron chi connectivity index (χ0n) is 13.5. The van der Waals surface area contributed by atoms with Gasteiger partial charge in [-0.05, 0) is 19.4 Å². The van der Waals surface area contributed by atoms with E-state index in [2.05, 4.69) is 10.6 Å². The maximum absolute atomic E-state index is 12.3. The van der Waals surface area contributed by atoms with Crippen LogP contribution in [0.3, 0.4) is 0 Å². The van der Waals surface area contributed by atoms with Gasteiger partial charge in [-0.25, -0.2) is 19.3 Å². The summed E-state index contributed by atoms with van der Waals surface area (Å²) in [5, 5.41) is 25.3. The van der Waals surface area contributed by atoms with Crippen LogP contribution < -0.4 is 10.6 Å². The van der Waals surface area contributed by atoms with E-state index in [9.17, 15) is 29.6 Å². The zero-order chi connectivity index (χ0) is 18.7. The molecule has 1 aromatic rings. The van der Waals surface area contributed by atoms with E-state index in [4.69, 9.17) is 0 Å². The quantitative estimate of drug-likeness (QED) is 0.559. The van der Waals surface area contributed by atoms with Crippen molar-refractivity contribution in [3.05, 3.63) is 51.2 Å². The number of nitro benzene ring substituents is 1. The first-order valence-electron chi connectivity index (χ1n) is 7.34. The van der Waals surface area contributed by atoms with Crippen LogP contribution in [0, 0.1) is 10.1 Å². The summed E-state index contributed by atoms with van der Waals surface area (Å²) in [6.45, 7) is 3.25. The fraction of sp³-hybridized carbons (Fsp3) is 0.267. The van der Waals surface area contributed by atoms with Crippen LogP contribution in [0.25, 0.3) is 0 Å². The van der Waals surface area contributed by atoms with Crippen LogP contribution >= 0.6 is 0 Å². The van der Waals surface area contributed by atoms with Crippen molar-refractivity contribution in [3.8, 4) is 0 Å². The summed E-state index contributed by atoms with van der Waals surface area (Å²) in [5.74, 6) is -1.34. The van der Waals surface area contributed by atoms with Crippen LogP contribution in [0.4, 0.5) is 15.3 Å². The number of amides is 4. The molecule has 132 valence electrons. The lowest BCUT2D eigenvalue weighted by molar-refractivity contribution is -0.384. The summed E-state index contributed by atoms with van der Waals surface area (Å²) < 4.78 is 0. The number of carbonyl (C=O) groups is 3. The molecule has 1 aromatic carbocycles. The number of urea groups is 2. The maximum atomic E-state index is 12.3. The van der Waals surface area contributed by atoms with Gasteiger partial charge in [-0.15, -0.1) is 0 Å². The summed E-state index contributed by atoms with van der Waals surface area (Å²) in [6, 6.07) is 2.26. The minimum Gasteiger partial charge on any atom is -0.478 e. The molecule has 0 fully saturated rings. The first kappa shape index (κ1) is 17.9. The topological polar surface area (TPSA) is 142 Å². The Morgan fingerprint density at radius 2 is 2.12 bits per heavy atom. The van der Waals surface area contributed by atoms with Crippen molar-refractivity contribution < 1.29 is 24.4 Å². The van der Waals surface area contributed by atoms with Gasteiger partial charge in [0.15, 0.2) is 0 Å². The molecule has 1 heterocycles. The fourth-order valence-corrected chi connectivity index (χ4v) is 2.59. The highest BCUT2D eigenvalue weighted by Gasteiger charge is 2.41. The predicted octanol–water partition coefficient (Wildman–Crippen LogP) is 1.75. The fourth-order valence-electron chi connectivity index (χ4n) is 2.59. The number of carbonyl (C=O) groups excluding carboxylic acids is 2. The van der Waals surface area contributed by atoms with Crippen molar-refractivity contribution >= 4 is 23.7 Å². The number of nitro groups is 1. The summed E-state index contributed by atoms with van der Waals surface area (Å²) in [4.78, 5) is 47.3. The van der Waals surface area contributed by atoms with E-state index in [0.717, 1.165) is 6.07 Å². The van der Waals surface area contributed by atoms with Gasteiger partial charge in [-0.1, -0.05) is 12.1 Å². The van der Waals surface area contributed by atoms with Gasteiger partial charge in [-0.2, -0.15) is 0 Å². The summed E-state index contributed by atoms with van der Waals surface area (Å²) >= 11 is 0. The minimum atomic E-state index is -1.34. The Morgan fingerprint density at radius 1 is 1.44 bits per heavy atom. The van der Waals surface area contributed by atoms with Gasteiger partial charge in [0, 0.05) is 24.4 Å². The Hall–Kier alpha value is -3.43. The van der Waals surface area contributed by atoms with Crippen LogP contribution in [0.5, 0.6) is 0 Å². The van der Waals surface area contributed by atoms with Crippen molar-refractivity contribution in [2.75, 3.05) is 6.54 Å². The maximum Gasteiger partial charge on any atom is 0.335 e. The molecule has 0 radical (unpaired) electrons. The molecule has 0 saturated heterocycles. The molecular weight excluding hydrogens is 332 g/mol. The molecule has 0 bridgehead atoms. The molecule has 0 aromatic heterocycles. The zero-order valence-corrected chi connectivity index (χ0v) is 13.5. The molecule has 1 aliphatic heterocycles.